The molecule has 0 aliphatic carbocycles. The van der Waals surface area contributed by atoms with E-state index in [2.05, 4.69) is 5.73 Å². The van der Waals surface area contributed by atoms with E-state index in [0.717, 1.165) is 0 Å². The van der Waals surface area contributed by atoms with Crippen molar-refractivity contribution in [2.24, 2.45) is 5.73 Å². The summed E-state index contributed by atoms with van der Waals surface area (Å²) in [5.41, 5.74) is 4.03. The van der Waals surface area contributed by atoms with Crippen LogP contribution in [-0.4, -0.2) is 11.2 Å². The van der Waals surface area contributed by atoms with E-state index < -0.39 is 12.6 Å². The van der Waals surface area contributed by atoms with Crippen LogP contribution in [0.2, 0.25) is 48.2 Å². The number of hydrogen-bond donors (Lipinski definition) is 2. The summed E-state index contributed by atoms with van der Waals surface area (Å²) in [6.07, 6.45) is -1.33. The number of rotatable bonds is 0. The fourth-order valence-electron chi connectivity index (χ4n) is 15.8. The Kier molecular flexibility index (Phi) is 0.135. The van der Waals surface area contributed by atoms with Gasteiger partial charge in [0.1, 0.15) is 0 Å². The van der Waals surface area contributed by atoms with E-state index in [1.165, 1.54) is 0 Å². The Balaban J connectivity index is 0.000000121. The van der Waals surface area contributed by atoms with Gasteiger partial charge in [0.05, 0.1) is 0 Å². The second kappa shape index (κ2) is 0.373. The number of nitrogens with two attached hydrogens (primary N) is 1. The van der Waals surface area contributed by atoms with Gasteiger partial charge < -0.3 is 10.8 Å². The molecule has 0 unspecified atom stereocenters. The second-order valence-corrected chi connectivity index (χ2v) is 33.8. The molecule has 3 nitrogen and oxygen atoms in total. The molecule has 10 saturated heterocycles. The molecule has 0 radical (unpaired) electrons. The van der Waals surface area contributed by atoms with Gasteiger partial charge in [-0.2, -0.15) is 0 Å². The molecule has 1 amide bonds. The Bertz CT molecular complexity index is 671. The maximum absolute atomic E-state index is 8.78. The summed E-state index contributed by atoms with van der Waals surface area (Å²) in [6.45, 7) is -2.28. The van der Waals surface area contributed by atoms with Gasteiger partial charge in [-0.3, -0.25) is 0 Å². The molecule has 0 aromatic carbocycles. The molecule has 10 rings (SSSR count). The summed E-state index contributed by atoms with van der Waals surface area (Å²) < 4.78 is 0. The number of carboxylic acid groups (broad SMARTS) is 1. The molecule has 82 valence electrons. The minimum absolute atomic E-state index is 1.33. The average molecular weight is 247 g/mol. The fourth-order valence-corrected chi connectivity index (χ4v) is 88.0. The number of amides is 1. The van der Waals surface area contributed by atoms with Gasteiger partial charge >= 0.3 is 60.8 Å². The van der Waals surface area contributed by atoms with E-state index in [9.17, 15) is 0 Å². The summed E-state index contributed by atoms with van der Waals surface area (Å²) in [5, 5.41) is 7.19. The Morgan fingerprint density at radius 3 is 0.933 bits per heavy atom. The van der Waals surface area contributed by atoms with Crippen LogP contribution in [0.1, 0.15) is 0 Å². The molecule has 0 aromatic rings. The third-order valence-corrected chi connectivity index (χ3v) is 56.5. The van der Waals surface area contributed by atoms with Gasteiger partial charge in [-0.25, -0.2) is 4.79 Å². The van der Waals surface area contributed by atoms with Crippen LogP contribution >= 0.6 is 0 Å². The summed E-state index contributed by atoms with van der Waals surface area (Å²) in [7, 11) is 0. The maximum atomic E-state index is 8.78. The quantitative estimate of drug-likeness (QED) is 0.646. The average Bonchev–Trinajstić information content (AvgIpc) is 3.13. The van der Waals surface area contributed by atoms with Gasteiger partial charge in [-0.15, -0.1) is 0 Å². The van der Waals surface area contributed by atoms with E-state index in [4.69, 9.17) is 9.90 Å². The Morgan fingerprint density at radius 2 is 0.933 bits per heavy atom. The summed E-state index contributed by atoms with van der Waals surface area (Å²) in [4.78, 5) is 24.7. The van der Waals surface area contributed by atoms with Crippen molar-refractivity contribution in [1.29, 1.82) is 0 Å². The van der Waals surface area contributed by atoms with Crippen molar-refractivity contribution in [2.75, 3.05) is 0 Å². The van der Waals surface area contributed by atoms with Crippen LogP contribution in [0.3, 0.4) is 0 Å². The first-order valence-electron chi connectivity index (χ1n) is 6.09. The van der Waals surface area contributed by atoms with E-state index in [1.54, 1.807) is 48.2 Å². The molecule has 1 spiro atoms. The van der Waals surface area contributed by atoms with Crippen molar-refractivity contribution in [2.45, 2.75) is 48.2 Å². The van der Waals surface area contributed by atoms with Crippen molar-refractivity contribution in [3.05, 3.63) is 0 Å². The number of hydrogen-bond acceptors (Lipinski definition) is 1. The number of primary amides is 1. The summed E-state index contributed by atoms with van der Waals surface area (Å²) in [5.74, 6) is 0. The van der Waals surface area contributed by atoms with Gasteiger partial charge in [0, 0.05) is 0 Å². The SMILES string of the molecule is NC(=O)O.[CH]12[CH]3[CH]4[CH]5[CH]1[Fe]23451678[CH]2[CH]1[CH]6[CH]7[CH]28. The van der Waals surface area contributed by atoms with E-state index >= 15 is 0 Å². The predicted octanol–water partition coefficient (Wildman–Crippen LogP) is 3.00. The van der Waals surface area contributed by atoms with Gasteiger partial charge in [-0.1, -0.05) is 0 Å². The van der Waals surface area contributed by atoms with Crippen LogP contribution in [0.4, 0.5) is 4.79 Å². The van der Waals surface area contributed by atoms with E-state index in [0.29, 0.717) is 0 Å². The molecule has 0 aromatic heterocycles. The predicted molar refractivity (Wildman–Crippen MR) is 49.7 cm³/mol. The zero-order valence-electron chi connectivity index (χ0n) is 8.06. The molecule has 10 aliphatic heterocycles. The van der Waals surface area contributed by atoms with Crippen LogP contribution in [0.5, 0.6) is 0 Å². The van der Waals surface area contributed by atoms with Gasteiger partial charge in [0.2, 0.25) is 0 Å². The molecule has 10 fully saturated rings. The zero-order chi connectivity index (χ0) is 9.67. The standard InChI is InChI=1S/2C5H5.CH3NO2.Fe/c2*1-2-4-5-3-1;2-1(3)4;/h2*1-5H;2H2,(H,3,4);. The third kappa shape index (κ3) is 0.0480. The van der Waals surface area contributed by atoms with E-state index in [-0.39, 0.29) is 0 Å². The molecule has 3 N–H and O–H groups in total. The van der Waals surface area contributed by atoms with Gasteiger partial charge in [-0.05, 0) is 0 Å². The first-order valence-corrected chi connectivity index (χ1v) is 12.5. The van der Waals surface area contributed by atoms with Crippen molar-refractivity contribution in [1.82, 2.24) is 0 Å². The Labute approximate surface area is 76.7 Å². The van der Waals surface area contributed by atoms with Crippen LogP contribution in [-0.2, 0) is 6.51 Å². The monoisotopic (exact) mass is 247 g/mol. The van der Waals surface area contributed by atoms with Crippen LogP contribution in [0, 0.1) is 0 Å². The zero-order valence-corrected chi connectivity index (χ0v) is 9.16. The molecule has 15 heavy (non-hydrogen) atoms. The van der Waals surface area contributed by atoms with Crippen molar-refractivity contribution in [3.63, 3.8) is 0 Å². The molecule has 0 atom stereocenters. The van der Waals surface area contributed by atoms with Crippen LogP contribution in [0.25, 0.3) is 0 Å². The summed E-state index contributed by atoms with van der Waals surface area (Å²) in [6, 6.07) is 0. The third-order valence-electron chi connectivity index (χ3n) is 14.5. The molecule has 4 heteroatoms. The normalized spacial score (nSPS) is 127. The molecule has 10 heterocycles. The molecule has 0 bridgehead atoms. The first-order chi connectivity index (χ1) is 6.89. The Morgan fingerprint density at radius 1 is 0.800 bits per heavy atom. The fraction of sp³-hybridized carbons (Fsp3) is 0.909. The molecular weight excluding hydrogens is 234 g/mol. The number of carbonyl (C=O) groups is 1. The molecular formula is C11H13FeNO2. The van der Waals surface area contributed by atoms with Crippen molar-refractivity contribution >= 4 is 6.09 Å². The van der Waals surface area contributed by atoms with Gasteiger partial charge in [0.15, 0.2) is 0 Å². The Hall–Kier alpha value is -0.211. The second-order valence-electron chi connectivity index (χ2n) is 9.92. The van der Waals surface area contributed by atoms with Gasteiger partial charge in [0.25, 0.3) is 0 Å². The first kappa shape index (κ1) is 5.41. The minimum atomic E-state index is -2.28. The van der Waals surface area contributed by atoms with Crippen molar-refractivity contribution < 1.29 is 16.4 Å². The molecule has 0 saturated carbocycles. The number of fused-ring (bicyclic) bond motifs is 10. The van der Waals surface area contributed by atoms with E-state index in [1.807, 2.05) is 0 Å². The van der Waals surface area contributed by atoms with Crippen LogP contribution < -0.4 is 5.73 Å². The van der Waals surface area contributed by atoms with Crippen molar-refractivity contribution in [3.8, 4) is 0 Å². The van der Waals surface area contributed by atoms with Crippen LogP contribution in [0.15, 0.2) is 0 Å². The summed E-state index contributed by atoms with van der Waals surface area (Å²) >= 11 is 0. The molecule has 10 aliphatic rings. The topological polar surface area (TPSA) is 63.3 Å².